The molecular formula is C14H16ClN3OS. The highest BCUT2D eigenvalue weighted by Crippen LogP contribution is 2.36. The van der Waals surface area contributed by atoms with Crippen LogP contribution in [0.25, 0.3) is 0 Å². The van der Waals surface area contributed by atoms with Gasteiger partial charge < -0.3 is 5.32 Å². The summed E-state index contributed by atoms with van der Waals surface area (Å²) in [6, 6.07) is 2.38. The Hall–Kier alpha value is -1.33. The van der Waals surface area contributed by atoms with Crippen molar-refractivity contribution in [3.05, 3.63) is 43.5 Å². The van der Waals surface area contributed by atoms with Gasteiger partial charge in [0.15, 0.2) is 0 Å². The molecule has 0 radical (unpaired) electrons. The monoisotopic (exact) mass is 309 g/mol. The Kier molecular flexibility index (Phi) is 3.81. The third-order valence-corrected chi connectivity index (χ3v) is 5.03. The summed E-state index contributed by atoms with van der Waals surface area (Å²) in [5.74, 6) is 0. The maximum atomic E-state index is 12.0. The van der Waals surface area contributed by atoms with Crippen molar-refractivity contribution in [1.29, 1.82) is 0 Å². The van der Waals surface area contributed by atoms with E-state index in [1.54, 1.807) is 17.5 Å². The van der Waals surface area contributed by atoms with Crippen LogP contribution in [0.5, 0.6) is 0 Å². The maximum absolute atomic E-state index is 12.0. The molecule has 0 fully saturated rings. The normalized spacial score (nSPS) is 17.8. The lowest BCUT2D eigenvalue weighted by molar-refractivity contribution is 0.599. The minimum atomic E-state index is -0.236. The smallest absolute Gasteiger partial charge is 0.287 e. The molecular weight excluding hydrogens is 294 g/mol. The van der Waals surface area contributed by atoms with Gasteiger partial charge in [0.05, 0.1) is 17.9 Å². The van der Waals surface area contributed by atoms with E-state index in [1.807, 2.05) is 6.92 Å². The topological polar surface area (TPSA) is 46.9 Å². The van der Waals surface area contributed by atoms with Crippen LogP contribution in [-0.4, -0.2) is 9.78 Å². The summed E-state index contributed by atoms with van der Waals surface area (Å²) < 4.78 is 1.37. The Morgan fingerprint density at radius 3 is 3.25 bits per heavy atom. The minimum absolute atomic E-state index is 0.223. The number of rotatable bonds is 3. The highest BCUT2D eigenvalue weighted by Gasteiger charge is 2.22. The molecule has 2 aromatic heterocycles. The molecule has 1 atom stereocenters. The van der Waals surface area contributed by atoms with E-state index in [0.29, 0.717) is 12.2 Å². The fourth-order valence-electron chi connectivity index (χ4n) is 2.61. The first kappa shape index (κ1) is 13.6. The van der Waals surface area contributed by atoms with Gasteiger partial charge in [-0.25, -0.2) is 4.68 Å². The number of nitrogens with zero attached hydrogens (tertiary/aromatic N) is 2. The van der Waals surface area contributed by atoms with Crippen LogP contribution >= 0.6 is 22.9 Å². The molecule has 3 rings (SSSR count). The summed E-state index contributed by atoms with van der Waals surface area (Å²) >= 11 is 7.96. The highest BCUT2D eigenvalue weighted by molar-refractivity contribution is 7.10. The Labute approximate surface area is 126 Å². The Morgan fingerprint density at radius 2 is 2.45 bits per heavy atom. The maximum Gasteiger partial charge on any atom is 0.287 e. The van der Waals surface area contributed by atoms with E-state index in [0.717, 1.165) is 19.3 Å². The quantitative estimate of drug-likeness (QED) is 0.944. The predicted molar refractivity (Wildman–Crippen MR) is 82.8 cm³/mol. The zero-order chi connectivity index (χ0) is 14.1. The molecule has 1 aliphatic carbocycles. The van der Waals surface area contributed by atoms with Gasteiger partial charge in [-0.1, -0.05) is 11.6 Å². The molecule has 0 amide bonds. The predicted octanol–water partition coefficient (Wildman–Crippen LogP) is 3.47. The summed E-state index contributed by atoms with van der Waals surface area (Å²) in [5.41, 5.74) is 1.72. The van der Waals surface area contributed by atoms with Crippen LogP contribution < -0.4 is 10.9 Å². The van der Waals surface area contributed by atoms with Gasteiger partial charge in [-0.05, 0) is 43.2 Å². The lowest BCUT2D eigenvalue weighted by Gasteiger charge is -2.25. The molecule has 0 spiro atoms. The number of aryl methyl sites for hydroxylation is 2. The average Bonchev–Trinajstić information content (AvgIpc) is 2.93. The van der Waals surface area contributed by atoms with Gasteiger partial charge >= 0.3 is 0 Å². The van der Waals surface area contributed by atoms with Crippen molar-refractivity contribution in [3.8, 4) is 0 Å². The first-order valence-corrected chi connectivity index (χ1v) is 8.05. The van der Waals surface area contributed by atoms with Crippen LogP contribution in [-0.2, 0) is 13.0 Å². The zero-order valence-corrected chi connectivity index (χ0v) is 12.8. The van der Waals surface area contributed by atoms with Gasteiger partial charge in [-0.15, -0.1) is 11.3 Å². The van der Waals surface area contributed by atoms with Crippen molar-refractivity contribution < 1.29 is 0 Å². The summed E-state index contributed by atoms with van der Waals surface area (Å²) in [4.78, 5) is 13.4. The molecule has 0 saturated carbocycles. The van der Waals surface area contributed by atoms with Gasteiger partial charge in [-0.3, -0.25) is 4.79 Å². The van der Waals surface area contributed by atoms with E-state index >= 15 is 0 Å². The molecule has 1 aliphatic rings. The molecule has 1 unspecified atom stereocenters. The summed E-state index contributed by atoms with van der Waals surface area (Å²) in [6.45, 7) is 2.40. The molecule has 0 aromatic carbocycles. The van der Waals surface area contributed by atoms with Crippen LogP contribution in [0.1, 0.15) is 36.2 Å². The molecule has 1 N–H and O–H groups in total. The van der Waals surface area contributed by atoms with Gasteiger partial charge in [0, 0.05) is 11.4 Å². The Morgan fingerprint density at radius 1 is 1.60 bits per heavy atom. The number of hydrogen-bond donors (Lipinski definition) is 1. The van der Waals surface area contributed by atoms with Gasteiger partial charge in [0.1, 0.15) is 5.02 Å². The van der Waals surface area contributed by atoms with E-state index < -0.39 is 0 Å². The molecule has 6 heteroatoms. The molecule has 2 heterocycles. The third-order valence-electron chi connectivity index (χ3n) is 3.67. The second-order valence-electron chi connectivity index (χ2n) is 4.88. The number of thiophene rings is 1. The summed E-state index contributed by atoms with van der Waals surface area (Å²) in [7, 11) is 0. The number of aromatic nitrogens is 2. The van der Waals surface area contributed by atoms with E-state index in [4.69, 9.17) is 11.6 Å². The van der Waals surface area contributed by atoms with Crippen molar-refractivity contribution in [2.75, 3.05) is 5.32 Å². The van der Waals surface area contributed by atoms with Crippen LogP contribution in [0.2, 0.25) is 5.02 Å². The average molecular weight is 310 g/mol. The molecule has 20 heavy (non-hydrogen) atoms. The van der Waals surface area contributed by atoms with Gasteiger partial charge in [0.2, 0.25) is 0 Å². The standard InChI is InChI=1S/C14H16ClN3OS/c1-2-18-14(19)13(15)11(8-16-18)17-10-4-3-5-12-9(10)6-7-20-12/h6-8,10,17H,2-5H2,1H3. The molecule has 4 nitrogen and oxygen atoms in total. The van der Waals surface area contributed by atoms with Gasteiger partial charge in [-0.2, -0.15) is 5.10 Å². The van der Waals surface area contributed by atoms with Crippen molar-refractivity contribution >= 4 is 28.6 Å². The second-order valence-corrected chi connectivity index (χ2v) is 6.26. The molecule has 2 aromatic rings. The molecule has 0 aliphatic heterocycles. The fraction of sp³-hybridized carbons (Fsp3) is 0.429. The first-order chi connectivity index (χ1) is 9.70. The zero-order valence-electron chi connectivity index (χ0n) is 11.2. The van der Waals surface area contributed by atoms with Crippen molar-refractivity contribution in [1.82, 2.24) is 9.78 Å². The summed E-state index contributed by atoms with van der Waals surface area (Å²) in [6.07, 6.45) is 5.00. The largest absolute Gasteiger partial charge is 0.376 e. The van der Waals surface area contributed by atoms with Crippen molar-refractivity contribution in [2.45, 2.75) is 38.8 Å². The van der Waals surface area contributed by atoms with E-state index in [2.05, 4.69) is 21.9 Å². The van der Waals surface area contributed by atoms with E-state index in [9.17, 15) is 4.79 Å². The SMILES string of the molecule is CCn1ncc(NC2CCCc3sccc32)c(Cl)c1=O. The Bertz CT molecular complexity index is 679. The second kappa shape index (κ2) is 5.58. The number of halogens is 1. The number of fused-ring (bicyclic) bond motifs is 1. The summed E-state index contributed by atoms with van der Waals surface area (Å²) in [5, 5.41) is 9.86. The first-order valence-electron chi connectivity index (χ1n) is 6.79. The molecule has 0 saturated heterocycles. The fourth-order valence-corrected chi connectivity index (χ4v) is 3.80. The lowest BCUT2D eigenvalue weighted by atomic mass is 9.94. The number of nitrogens with one attached hydrogen (secondary N) is 1. The van der Waals surface area contributed by atoms with E-state index in [1.165, 1.54) is 15.1 Å². The van der Waals surface area contributed by atoms with Crippen molar-refractivity contribution in [3.63, 3.8) is 0 Å². The lowest BCUT2D eigenvalue weighted by Crippen LogP contribution is -2.24. The number of hydrogen-bond acceptors (Lipinski definition) is 4. The third kappa shape index (κ3) is 2.36. The molecule has 106 valence electrons. The highest BCUT2D eigenvalue weighted by atomic mass is 35.5. The Balaban J connectivity index is 1.90. The van der Waals surface area contributed by atoms with Crippen LogP contribution in [0.15, 0.2) is 22.4 Å². The van der Waals surface area contributed by atoms with Crippen molar-refractivity contribution in [2.24, 2.45) is 0 Å². The van der Waals surface area contributed by atoms with Crippen LogP contribution in [0, 0.1) is 0 Å². The van der Waals surface area contributed by atoms with Crippen LogP contribution in [0.4, 0.5) is 5.69 Å². The van der Waals surface area contributed by atoms with Crippen LogP contribution in [0.3, 0.4) is 0 Å². The van der Waals surface area contributed by atoms with Gasteiger partial charge in [0.25, 0.3) is 5.56 Å². The van der Waals surface area contributed by atoms with E-state index in [-0.39, 0.29) is 16.6 Å². The minimum Gasteiger partial charge on any atom is -0.376 e. The molecule has 0 bridgehead atoms. The number of anilines is 1.